The van der Waals surface area contributed by atoms with Gasteiger partial charge in [-0.05, 0) is 24.1 Å². The van der Waals surface area contributed by atoms with Crippen LogP contribution in [-0.4, -0.2) is 7.11 Å². The van der Waals surface area contributed by atoms with E-state index in [1.165, 1.54) is 13.2 Å². The number of benzene rings is 2. The van der Waals surface area contributed by atoms with Crippen molar-refractivity contribution in [3.8, 4) is 5.75 Å². The Morgan fingerprint density at radius 2 is 2.05 bits per heavy atom. The van der Waals surface area contributed by atoms with Gasteiger partial charge < -0.3 is 4.74 Å². The Balaban J connectivity index is 2.27. The molecule has 3 nitrogen and oxygen atoms in total. The minimum atomic E-state index is -0.334. The molecule has 106 valence electrons. The van der Waals surface area contributed by atoms with Gasteiger partial charge in [0.2, 0.25) is 0 Å². The van der Waals surface area contributed by atoms with Crippen molar-refractivity contribution in [1.29, 1.82) is 0 Å². The lowest BCUT2D eigenvalue weighted by Crippen LogP contribution is -2.30. The van der Waals surface area contributed by atoms with Gasteiger partial charge in [0.1, 0.15) is 11.6 Å². The first-order valence-corrected chi connectivity index (χ1v) is 6.98. The van der Waals surface area contributed by atoms with Gasteiger partial charge in [0.05, 0.1) is 13.2 Å². The topological polar surface area (TPSA) is 47.3 Å². The molecular formula is C15H16BrFN2O. The number of halogens is 2. The Hall–Kier alpha value is -1.43. The van der Waals surface area contributed by atoms with Gasteiger partial charge in [-0.3, -0.25) is 11.3 Å². The number of nitrogens with two attached hydrogens (primary N) is 1. The van der Waals surface area contributed by atoms with Crippen LogP contribution >= 0.6 is 15.9 Å². The van der Waals surface area contributed by atoms with Crippen LogP contribution in [0.25, 0.3) is 0 Å². The maximum absolute atomic E-state index is 14.1. The second kappa shape index (κ2) is 6.83. The van der Waals surface area contributed by atoms with Crippen LogP contribution in [0.3, 0.4) is 0 Å². The van der Waals surface area contributed by atoms with E-state index in [0.29, 0.717) is 17.7 Å². The summed E-state index contributed by atoms with van der Waals surface area (Å²) in [5, 5.41) is 0. The summed E-state index contributed by atoms with van der Waals surface area (Å²) in [5.74, 6) is 5.73. The van der Waals surface area contributed by atoms with Crippen molar-refractivity contribution < 1.29 is 9.13 Å². The summed E-state index contributed by atoms with van der Waals surface area (Å²) < 4.78 is 20.1. The number of hydrazine groups is 1. The highest BCUT2D eigenvalue weighted by Gasteiger charge is 2.16. The molecule has 0 heterocycles. The lowest BCUT2D eigenvalue weighted by atomic mass is 9.99. The normalized spacial score (nSPS) is 12.2. The minimum absolute atomic E-state index is 0.306. The summed E-state index contributed by atoms with van der Waals surface area (Å²) in [4.78, 5) is 0. The largest absolute Gasteiger partial charge is 0.497 e. The zero-order valence-electron chi connectivity index (χ0n) is 11.1. The van der Waals surface area contributed by atoms with Gasteiger partial charge in [0, 0.05) is 16.1 Å². The molecule has 0 saturated carbocycles. The monoisotopic (exact) mass is 338 g/mol. The molecule has 0 bridgehead atoms. The van der Waals surface area contributed by atoms with Crippen LogP contribution < -0.4 is 16.0 Å². The number of rotatable bonds is 5. The van der Waals surface area contributed by atoms with E-state index in [1.807, 2.05) is 24.3 Å². The molecule has 0 aromatic heterocycles. The van der Waals surface area contributed by atoms with E-state index in [4.69, 9.17) is 10.6 Å². The van der Waals surface area contributed by atoms with Crippen LogP contribution in [0.15, 0.2) is 46.9 Å². The third-order valence-corrected chi connectivity index (χ3v) is 3.94. The van der Waals surface area contributed by atoms with Crippen molar-refractivity contribution in [3.63, 3.8) is 0 Å². The first kappa shape index (κ1) is 15.0. The first-order chi connectivity index (χ1) is 9.65. The molecule has 0 saturated heterocycles. The van der Waals surface area contributed by atoms with Gasteiger partial charge in [0.25, 0.3) is 0 Å². The number of methoxy groups -OCH3 is 1. The quantitative estimate of drug-likeness (QED) is 0.649. The molecule has 0 aliphatic carbocycles. The zero-order chi connectivity index (χ0) is 14.5. The molecule has 20 heavy (non-hydrogen) atoms. The molecule has 3 N–H and O–H groups in total. The molecule has 0 aliphatic heterocycles. The van der Waals surface area contributed by atoms with Crippen LogP contribution in [0.2, 0.25) is 0 Å². The van der Waals surface area contributed by atoms with E-state index >= 15 is 0 Å². The van der Waals surface area contributed by atoms with Crippen molar-refractivity contribution in [2.24, 2.45) is 5.84 Å². The molecule has 0 radical (unpaired) electrons. The van der Waals surface area contributed by atoms with Gasteiger partial charge >= 0.3 is 0 Å². The lowest BCUT2D eigenvalue weighted by Gasteiger charge is -2.18. The summed E-state index contributed by atoms with van der Waals surface area (Å²) in [6, 6.07) is 12.3. The van der Waals surface area contributed by atoms with Gasteiger partial charge in [-0.2, -0.15) is 0 Å². The fourth-order valence-electron chi connectivity index (χ4n) is 2.06. The minimum Gasteiger partial charge on any atom is -0.497 e. The summed E-state index contributed by atoms with van der Waals surface area (Å²) in [6.07, 6.45) is 0.584. The van der Waals surface area contributed by atoms with Crippen molar-refractivity contribution in [2.75, 3.05) is 7.11 Å². The van der Waals surface area contributed by atoms with Crippen LogP contribution in [0.4, 0.5) is 4.39 Å². The molecule has 0 spiro atoms. The van der Waals surface area contributed by atoms with E-state index in [2.05, 4.69) is 21.4 Å². The Morgan fingerprint density at radius 3 is 2.65 bits per heavy atom. The number of hydrogen-bond donors (Lipinski definition) is 2. The van der Waals surface area contributed by atoms with Crippen LogP contribution in [-0.2, 0) is 6.42 Å². The maximum Gasteiger partial charge on any atom is 0.131 e. The molecule has 5 heteroatoms. The standard InChI is InChI=1S/C15H16BrFN2O/c1-20-11-6-7-12(14(17)9-11)15(19-18)8-10-4-2-3-5-13(10)16/h2-7,9,15,19H,8,18H2,1H3. The molecule has 0 amide bonds. The Labute approximate surface area is 126 Å². The van der Waals surface area contributed by atoms with E-state index in [1.54, 1.807) is 12.1 Å². The predicted octanol–water partition coefficient (Wildman–Crippen LogP) is 3.34. The van der Waals surface area contributed by atoms with Crippen LogP contribution in [0.1, 0.15) is 17.2 Å². The number of hydrogen-bond acceptors (Lipinski definition) is 3. The van der Waals surface area contributed by atoms with Gasteiger partial charge in [-0.25, -0.2) is 4.39 Å². The van der Waals surface area contributed by atoms with Gasteiger partial charge in [-0.1, -0.05) is 40.2 Å². The summed E-state index contributed by atoms with van der Waals surface area (Å²) in [5.41, 5.74) is 4.25. The second-order valence-electron chi connectivity index (χ2n) is 4.40. The Kier molecular flexibility index (Phi) is 5.11. The predicted molar refractivity (Wildman–Crippen MR) is 80.9 cm³/mol. The van der Waals surface area contributed by atoms with Crippen molar-refractivity contribution in [1.82, 2.24) is 5.43 Å². The fourth-order valence-corrected chi connectivity index (χ4v) is 2.51. The molecule has 2 rings (SSSR count). The summed E-state index contributed by atoms with van der Waals surface area (Å²) in [6.45, 7) is 0. The average Bonchev–Trinajstić information content (AvgIpc) is 2.47. The smallest absolute Gasteiger partial charge is 0.131 e. The summed E-state index contributed by atoms with van der Waals surface area (Å²) >= 11 is 3.49. The highest BCUT2D eigenvalue weighted by Crippen LogP contribution is 2.26. The molecule has 2 aromatic carbocycles. The lowest BCUT2D eigenvalue weighted by molar-refractivity contribution is 0.409. The van der Waals surface area contributed by atoms with Crippen molar-refractivity contribution >= 4 is 15.9 Å². The number of ether oxygens (including phenoxy) is 1. The highest BCUT2D eigenvalue weighted by molar-refractivity contribution is 9.10. The van der Waals surface area contributed by atoms with Gasteiger partial charge in [-0.15, -0.1) is 0 Å². The maximum atomic E-state index is 14.1. The first-order valence-electron chi connectivity index (χ1n) is 6.18. The highest BCUT2D eigenvalue weighted by atomic mass is 79.9. The molecule has 0 fully saturated rings. The Morgan fingerprint density at radius 1 is 1.30 bits per heavy atom. The Bertz CT molecular complexity index is 592. The zero-order valence-corrected chi connectivity index (χ0v) is 12.7. The van der Waals surface area contributed by atoms with E-state index < -0.39 is 0 Å². The van der Waals surface area contributed by atoms with E-state index in [9.17, 15) is 4.39 Å². The molecule has 1 atom stereocenters. The van der Waals surface area contributed by atoms with Crippen LogP contribution in [0, 0.1) is 5.82 Å². The number of nitrogens with one attached hydrogen (secondary N) is 1. The van der Waals surface area contributed by atoms with Crippen LogP contribution in [0.5, 0.6) is 5.75 Å². The fraction of sp³-hybridized carbons (Fsp3) is 0.200. The SMILES string of the molecule is COc1ccc(C(Cc2ccccc2Br)NN)c(F)c1. The second-order valence-corrected chi connectivity index (χ2v) is 5.26. The third-order valence-electron chi connectivity index (χ3n) is 3.17. The van der Waals surface area contributed by atoms with Crippen molar-refractivity contribution in [2.45, 2.75) is 12.5 Å². The average molecular weight is 339 g/mol. The third kappa shape index (κ3) is 3.36. The molecule has 2 aromatic rings. The molecule has 1 unspecified atom stereocenters. The van der Waals surface area contributed by atoms with Crippen molar-refractivity contribution in [3.05, 3.63) is 63.9 Å². The summed E-state index contributed by atoms with van der Waals surface area (Å²) in [7, 11) is 1.51. The van der Waals surface area contributed by atoms with E-state index in [0.717, 1.165) is 10.0 Å². The van der Waals surface area contributed by atoms with Gasteiger partial charge in [0.15, 0.2) is 0 Å². The molecule has 0 aliphatic rings. The van der Waals surface area contributed by atoms with E-state index in [-0.39, 0.29) is 11.9 Å². The molecular weight excluding hydrogens is 323 g/mol.